The molecule has 24 heavy (non-hydrogen) atoms. The van der Waals surface area contributed by atoms with Crippen LogP contribution in [0.25, 0.3) is 0 Å². The molecule has 0 bridgehead atoms. The van der Waals surface area contributed by atoms with Crippen LogP contribution in [0.2, 0.25) is 0 Å². The minimum absolute atomic E-state index is 0. The first-order valence-corrected chi connectivity index (χ1v) is 8.54. The Bertz CT molecular complexity index is 674. The van der Waals surface area contributed by atoms with Crippen molar-refractivity contribution in [2.24, 2.45) is 0 Å². The number of rotatable bonds is 6. The molecular weight excluding hydrogens is 350 g/mol. The van der Waals surface area contributed by atoms with Gasteiger partial charge in [-0.3, -0.25) is 0 Å². The quantitative estimate of drug-likeness (QED) is 0.458. The first kappa shape index (κ1) is 19.3. The predicted octanol–water partition coefficient (Wildman–Crippen LogP) is 4.95. The molecule has 0 saturated carbocycles. The van der Waals surface area contributed by atoms with Gasteiger partial charge in [0, 0.05) is 51.4 Å². The van der Waals surface area contributed by atoms with E-state index in [2.05, 4.69) is 0 Å². The fourth-order valence-electron chi connectivity index (χ4n) is 1.89. The molecule has 3 aromatic carbocycles. The van der Waals surface area contributed by atoms with Crippen LogP contribution in [0.5, 0.6) is 17.2 Å². The van der Waals surface area contributed by atoms with Crippen LogP contribution in [-0.2, 0) is 4.57 Å². The van der Waals surface area contributed by atoms with Gasteiger partial charge in [-0.15, -0.1) is 0 Å². The monoisotopic (exact) mass is 365 g/mol. The molecule has 0 aromatic heterocycles. The second-order valence-corrected chi connectivity index (χ2v) is 6.10. The SMILES string of the molecule is O=P(Oc1ccccc1)(Oc1ccccc1)Oc1ccccc1.[K]. The molecule has 0 heterocycles. The molecule has 1 radical (unpaired) electrons. The summed E-state index contributed by atoms with van der Waals surface area (Å²) in [4.78, 5) is 0. The van der Waals surface area contributed by atoms with Crippen LogP contribution >= 0.6 is 7.82 Å². The van der Waals surface area contributed by atoms with Gasteiger partial charge in [-0.25, -0.2) is 0 Å². The summed E-state index contributed by atoms with van der Waals surface area (Å²) in [6, 6.07) is 26.4. The number of hydrogen-bond donors (Lipinski definition) is 0. The molecule has 3 aromatic rings. The topological polar surface area (TPSA) is 44.8 Å². The summed E-state index contributed by atoms with van der Waals surface area (Å²) in [5.74, 6) is 1.22. The zero-order chi connectivity index (χ0) is 16.0. The van der Waals surface area contributed by atoms with Crippen LogP contribution in [0.15, 0.2) is 91.0 Å². The van der Waals surface area contributed by atoms with Crippen molar-refractivity contribution in [2.75, 3.05) is 0 Å². The van der Waals surface area contributed by atoms with E-state index < -0.39 is 7.82 Å². The van der Waals surface area contributed by atoms with Crippen molar-refractivity contribution >= 4 is 59.2 Å². The van der Waals surface area contributed by atoms with Gasteiger partial charge < -0.3 is 13.6 Å². The average Bonchev–Trinajstić information content (AvgIpc) is 2.57. The Kier molecular flexibility index (Phi) is 7.56. The van der Waals surface area contributed by atoms with Gasteiger partial charge in [0.1, 0.15) is 17.2 Å². The molecule has 0 fully saturated rings. The van der Waals surface area contributed by atoms with Gasteiger partial charge in [0.05, 0.1) is 0 Å². The van der Waals surface area contributed by atoms with E-state index in [4.69, 9.17) is 13.6 Å². The van der Waals surface area contributed by atoms with E-state index in [9.17, 15) is 4.57 Å². The van der Waals surface area contributed by atoms with Crippen molar-refractivity contribution in [3.8, 4) is 17.2 Å². The van der Waals surface area contributed by atoms with Crippen LogP contribution in [0.1, 0.15) is 0 Å². The Morgan fingerprint density at radius 1 is 0.500 bits per heavy atom. The molecule has 0 unspecified atom stereocenters. The fraction of sp³-hybridized carbons (Fsp3) is 0. The van der Waals surface area contributed by atoms with Crippen LogP contribution in [0.4, 0.5) is 0 Å². The minimum atomic E-state index is -3.89. The summed E-state index contributed by atoms with van der Waals surface area (Å²) in [5, 5.41) is 0. The molecule has 0 amide bonds. The van der Waals surface area contributed by atoms with Gasteiger partial charge in [-0.1, -0.05) is 54.6 Å². The van der Waals surface area contributed by atoms with Gasteiger partial charge in [0.2, 0.25) is 0 Å². The van der Waals surface area contributed by atoms with Crippen LogP contribution in [0.3, 0.4) is 0 Å². The third kappa shape index (κ3) is 5.78. The third-order valence-corrected chi connectivity index (χ3v) is 4.18. The molecule has 0 aliphatic rings. The van der Waals surface area contributed by atoms with Crippen LogP contribution in [-0.4, -0.2) is 51.4 Å². The summed E-state index contributed by atoms with van der Waals surface area (Å²) < 4.78 is 29.6. The van der Waals surface area contributed by atoms with E-state index >= 15 is 0 Å². The third-order valence-electron chi connectivity index (χ3n) is 2.88. The molecule has 117 valence electrons. The van der Waals surface area contributed by atoms with Crippen molar-refractivity contribution in [3.63, 3.8) is 0 Å². The van der Waals surface area contributed by atoms with Gasteiger partial charge >= 0.3 is 7.82 Å². The van der Waals surface area contributed by atoms with E-state index in [1.54, 1.807) is 72.8 Å². The maximum absolute atomic E-state index is 13.1. The van der Waals surface area contributed by atoms with E-state index in [0.29, 0.717) is 17.2 Å². The number of hydrogen-bond acceptors (Lipinski definition) is 4. The minimum Gasteiger partial charge on any atom is -0.386 e. The number of para-hydroxylation sites is 3. The van der Waals surface area contributed by atoms with E-state index in [1.807, 2.05) is 18.2 Å². The zero-order valence-electron chi connectivity index (χ0n) is 13.2. The summed E-state index contributed by atoms with van der Waals surface area (Å²) in [5.41, 5.74) is 0. The van der Waals surface area contributed by atoms with E-state index in [-0.39, 0.29) is 51.4 Å². The zero-order valence-corrected chi connectivity index (χ0v) is 17.3. The molecule has 0 spiro atoms. The van der Waals surface area contributed by atoms with Crippen LogP contribution in [0, 0.1) is 0 Å². The number of phosphoric ester groups is 1. The molecule has 0 atom stereocenters. The van der Waals surface area contributed by atoms with E-state index in [0.717, 1.165) is 0 Å². The largest absolute Gasteiger partial charge is 0.647 e. The fourth-order valence-corrected chi connectivity index (χ4v) is 3.14. The predicted molar refractivity (Wildman–Crippen MR) is 94.6 cm³/mol. The normalized spacial score (nSPS) is 10.3. The Balaban J connectivity index is 0.00000208. The maximum atomic E-state index is 13.1. The molecule has 0 N–H and O–H groups in total. The standard InChI is InChI=1S/C18H15O4P.K/c19-23(20-16-10-4-1-5-11-16,21-17-12-6-2-7-13-17)22-18-14-8-3-9-15-18;/h1-15H;. The van der Waals surface area contributed by atoms with E-state index in [1.165, 1.54) is 0 Å². The van der Waals surface area contributed by atoms with Gasteiger partial charge in [-0.2, -0.15) is 4.57 Å². The molecule has 0 aliphatic heterocycles. The van der Waals surface area contributed by atoms with Crippen molar-refractivity contribution in [1.82, 2.24) is 0 Å². The van der Waals surface area contributed by atoms with Crippen molar-refractivity contribution in [3.05, 3.63) is 91.0 Å². The van der Waals surface area contributed by atoms with Crippen LogP contribution < -0.4 is 13.6 Å². The van der Waals surface area contributed by atoms with Gasteiger partial charge in [-0.05, 0) is 36.4 Å². The van der Waals surface area contributed by atoms with Gasteiger partial charge in [0.15, 0.2) is 0 Å². The average molecular weight is 365 g/mol. The molecular formula is C18H15KO4P. The van der Waals surface area contributed by atoms with Crippen molar-refractivity contribution in [2.45, 2.75) is 0 Å². The first-order chi connectivity index (χ1) is 11.2. The second kappa shape index (κ2) is 9.42. The number of phosphoric acid groups is 1. The Labute approximate surface area is 183 Å². The Morgan fingerprint density at radius 2 is 0.750 bits per heavy atom. The summed E-state index contributed by atoms with van der Waals surface area (Å²) in [6.45, 7) is 0. The first-order valence-electron chi connectivity index (χ1n) is 7.07. The summed E-state index contributed by atoms with van der Waals surface area (Å²) >= 11 is 0. The summed E-state index contributed by atoms with van der Waals surface area (Å²) in [6.07, 6.45) is 0. The molecule has 6 heteroatoms. The molecule has 0 saturated heterocycles. The summed E-state index contributed by atoms with van der Waals surface area (Å²) in [7, 11) is -3.89. The maximum Gasteiger partial charge on any atom is 0.647 e. The smallest absolute Gasteiger partial charge is 0.386 e. The van der Waals surface area contributed by atoms with Crippen molar-refractivity contribution < 1.29 is 18.1 Å². The van der Waals surface area contributed by atoms with Crippen molar-refractivity contribution in [1.29, 1.82) is 0 Å². The number of benzene rings is 3. The Hall–Kier alpha value is -1.07. The Morgan fingerprint density at radius 3 is 1.00 bits per heavy atom. The molecule has 3 rings (SSSR count). The molecule has 0 aliphatic carbocycles. The molecule has 4 nitrogen and oxygen atoms in total. The second-order valence-electron chi connectivity index (χ2n) is 4.66. The van der Waals surface area contributed by atoms with Gasteiger partial charge in [0.25, 0.3) is 0 Å².